The molecule has 1 aromatic carbocycles. The van der Waals surface area contributed by atoms with Crippen LogP contribution >= 0.6 is 0 Å². The zero-order valence-corrected chi connectivity index (χ0v) is 9.86. The van der Waals surface area contributed by atoms with Crippen LogP contribution in [-0.2, 0) is 4.74 Å². The second-order valence-electron chi connectivity index (χ2n) is 4.24. The van der Waals surface area contributed by atoms with E-state index < -0.39 is 0 Å². The largest absolute Gasteiger partial charge is 0.376 e. The smallest absolute Gasteiger partial charge is 0.0716 e. The molecule has 1 atom stereocenters. The second-order valence-corrected chi connectivity index (χ2v) is 4.24. The molecule has 0 saturated carbocycles. The molecule has 2 rings (SSSR count). The Morgan fingerprint density at radius 2 is 2.19 bits per heavy atom. The van der Waals surface area contributed by atoms with Gasteiger partial charge in [-0.3, -0.25) is 0 Å². The molecule has 0 radical (unpaired) electrons. The Bertz CT molecular complexity index is 296. The van der Waals surface area contributed by atoms with Crippen molar-refractivity contribution in [3.63, 3.8) is 0 Å². The van der Waals surface area contributed by atoms with Crippen LogP contribution in [0.15, 0.2) is 30.3 Å². The number of nitrogens with one attached hydrogen (secondary N) is 1. The molecule has 1 fully saturated rings. The van der Waals surface area contributed by atoms with Crippen molar-refractivity contribution in [3.05, 3.63) is 30.3 Å². The summed E-state index contributed by atoms with van der Waals surface area (Å²) in [4.78, 5) is 2.28. The summed E-state index contributed by atoms with van der Waals surface area (Å²) < 4.78 is 5.68. The second kappa shape index (κ2) is 5.87. The SMILES string of the molecule is CN(CCC1CNCCO1)c1ccccc1. The molecule has 1 aromatic rings. The molecule has 1 aliphatic rings. The van der Waals surface area contributed by atoms with Crippen molar-refractivity contribution in [2.24, 2.45) is 0 Å². The van der Waals surface area contributed by atoms with Crippen LogP contribution < -0.4 is 10.2 Å². The van der Waals surface area contributed by atoms with Gasteiger partial charge in [-0.05, 0) is 18.6 Å². The molecule has 1 N–H and O–H groups in total. The van der Waals surface area contributed by atoms with Crippen LogP contribution in [0.5, 0.6) is 0 Å². The van der Waals surface area contributed by atoms with Crippen LogP contribution in [0, 0.1) is 0 Å². The molecule has 88 valence electrons. The van der Waals surface area contributed by atoms with Gasteiger partial charge in [-0.2, -0.15) is 0 Å². The van der Waals surface area contributed by atoms with Gasteiger partial charge in [0.05, 0.1) is 12.7 Å². The molecule has 3 heteroatoms. The van der Waals surface area contributed by atoms with E-state index in [9.17, 15) is 0 Å². The fourth-order valence-electron chi connectivity index (χ4n) is 1.95. The van der Waals surface area contributed by atoms with Gasteiger partial charge in [0.25, 0.3) is 0 Å². The molecule has 1 unspecified atom stereocenters. The van der Waals surface area contributed by atoms with E-state index in [1.165, 1.54) is 5.69 Å². The zero-order chi connectivity index (χ0) is 11.2. The topological polar surface area (TPSA) is 24.5 Å². The minimum atomic E-state index is 0.375. The minimum absolute atomic E-state index is 0.375. The van der Waals surface area contributed by atoms with Gasteiger partial charge in [0, 0.05) is 32.4 Å². The lowest BCUT2D eigenvalue weighted by molar-refractivity contribution is 0.0250. The molecule has 16 heavy (non-hydrogen) atoms. The number of hydrogen-bond donors (Lipinski definition) is 1. The number of benzene rings is 1. The predicted octanol–water partition coefficient (Wildman–Crippen LogP) is 1.50. The fraction of sp³-hybridized carbons (Fsp3) is 0.538. The van der Waals surface area contributed by atoms with Crippen LogP contribution in [0.3, 0.4) is 0 Å². The van der Waals surface area contributed by atoms with Crippen molar-refractivity contribution in [2.75, 3.05) is 38.2 Å². The normalized spacial score (nSPS) is 20.7. The maximum atomic E-state index is 5.68. The number of ether oxygens (including phenoxy) is 1. The summed E-state index contributed by atoms with van der Waals surface area (Å²) >= 11 is 0. The van der Waals surface area contributed by atoms with Gasteiger partial charge in [-0.15, -0.1) is 0 Å². The lowest BCUT2D eigenvalue weighted by Crippen LogP contribution is -2.40. The Morgan fingerprint density at radius 3 is 2.88 bits per heavy atom. The van der Waals surface area contributed by atoms with E-state index in [0.717, 1.165) is 32.7 Å². The lowest BCUT2D eigenvalue weighted by atomic mass is 10.2. The number of hydrogen-bond acceptors (Lipinski definition) is 3. The minimum Gasteiger partial charge on any atom is -0.376 e. The van der Waals surface area contributed by atoms with Gasteiger partial charge < -0.3 is 15.0 Å². The molecule has 1 saturated heterocycles. The highest BCUT2D eigenvalue weighted by Crippen LogP contribution is 2.12. The molecule has 1 heterocycles. The van der Waals surface area contributed by atoms with E-state index in [1.807, 2.05) is 6.07 Å². The summed E-state index contributed by atoms with van der Waals surface area (Å²) in [6.07, 6.45) is 1.46. The highest BCUT2D eigenvalue weighted by Gasteiger charge is 2.13. The molecule has 0 aromatic heterocycles. The van der Waals surface area contributed by atoms with E-state index in [2.05, 4.69) is 41.5 Å². The summed E-state index contributed by atoms with van der Waals surface area (Å²) in [7, 11) is 2.13. The molecular weight excluding hydrogens is 200 g/mol. The molecule has 0 aliphatic carbocycles. The molecule has 0 spiro atoms. The molecule has 1 aliphatic heterocycles. The molecular formula is C13H20N2O. The summed E-state index contributed by atoms with van der Waals surface area (Å²) in [5.41, 5.74) is 1.27. The Balaban J connectivity index is 1.77. The van der Waals surface area contributed by atoms with Gasteiger partial charge >= 0.3 is 0 Å². The third-order valence-electron chi connectivity index (χ3n) is 2.99. The first-order chi connectivity index (χ1) is 7.86. The third-order valence-corrected chi connectivity index (χ3v) is 2.99. The van der Waals surface area contributed by atoms with Crippen molar-refractivity contribution < 1.29 is 4.74 Å². The number of morpholine rings is 1. The monoisotopic (exact) mass is 220 g/mol. The van der Waals surface area contributed by atoms with Crippen molar-refractivity contribution in [1.29, 1.82) is 0 Å². The molecule has 3 nitrogen and oxygen atoms in total. The quantitative estimate of drug-likeness (QED) is 0.832. The van der Waals surface area contributed by atoms with E-state index in [-0.39, 0.29) is 0 Å². The van der Waals surface area contributed by atoms with Gasteiger partial charge in [0.2, 0.25) is 0 Å². The van der Waals surface area contributed by atoms with Gasteiger partial charge in [0.15, 0.2) is 0 Å². The standard InChI is InChI=1S/C13H20N2O/c1-15(12-5-3-2-4-6-12)9-7-13-11-14-8-10-16-13/h2-6,13-14H,7-11H2,1H3. The first kappa shape index (κ1) is 11.4. The summed E-state index contributed by atoms with van der Waals surface area (Å²) in [5, 5.41) is 3.35. The summed E-state index contributed by atoms with van der Waals surface area (Å²) in [5.74, 6) is 0. The highest BCUT2D eigenvalue weighted by atomic mass is 16.5. The van der Waals surface area contributed by atoms with Crippen LogP contribution in [0.25, 0.3) is 0 Å². The Labute approximate surface area is 97.4 Å². The van der Waals surface area contributed by atoms with E-state index in [4.69, 9.17) is 4.74 Å². The fourth-order valence-corrected chi connectivity index (χ4v) is 1.95. The summed E-state index contributed by atoms with van der Waals surface area (Å²) in [6, 6.07) is 10.5. The third kappa shape index (κ3) is 3.22. The highest BCUT2D eigenvalue weighted by molar-refractivity contribution is 5.44. The van der Waals surface area contributed by atoms with E-state index >= 15 is 0 Å². The van der Waals surface area contributed by atoms with E-state index in [0.29, 0.717) is 6.10 Å². The van der Waals surface area contributed by atoms with Gasteiger partial charge in [-0.25, -0.2) is 0 Å². The van der Waals surface area contributed by atoms with Gasteiger partial charge in [0.1, 0.15) is 0 Å². The predicted molar refractivity (Wildman–Crippen MR) is 66.9 cm³/mol. The van der Waals surface area contributed by atoms with Crippen LogP contribution in [0.1, 0.15) is 6.42 Å². The maximum Gasteiger partial charge on any atom is 0.0716 e. The van der Waals surface area contributed by atoms with Crippen molar-refractivity contribution in [1.82, 2.24) is 5.32 Å². The van der Waals surface area contributed by atoms with Crippen molar-refractivity contribution >= 4 is 5.69 Å². The number of rotatable bonds is 4. The van der Waals surface area contributed by atoms with Crippen LogP contribution in [0.4, 0.5) is 5.69 Å². The van der Waals surface area contributed by atoms with Crippen LogP contribution in [0.2, 0.25) is 0 Å². The first-order valence-electron chi connectivity index (χ1n) is 5.95. The number of anilines is 1. The van der Waals surface area contributed by atoms with Crippen molar-refractivity contribution in [2.45, 2.75) is 12.5 Å². The molecule has 0 bridgehead atoms. The number of para-hydroxylation sites is 1. The first-order valence-corrected chi connectivity index (χ1v) is 5.95. The Hall–Kier alpha value is -1.06. The van der Waals surface area contributed by atoms with Gasteiger partial charge in [-0.1, -0.05) is 18.2 Å². The number of nitrogens with zero attached hydrogens (tertiary/aromatic N) is 1. The maximum absolute atomic E-state index is 5.68. The average Bonchev–Trinajstić information content (AvgIpc) is 2.38. The summed E-state index contributed by atoms with van der Waals surface area (Å²) in [6.45, 7) is 3.86. The van der Waals surface area contributed by atoms with E-state index in [1.54, 1.807) is 0 Å². The van der Waals surface area contributed by atoms with Crippen LogP contribution in [-0.4, -0.2) is 39.4 Å². The lowest BCUT2D eigenvalue weighted by Gasteiger charge is -2.26. The zero-order valence-electron chi connectivity index (χ0n) is 9.86. The Kier molecular flexibility index (Phi) is 4.19. The average molecular weight is 220 g/mol. The molecule has 0 amide bonds. The van der Waals surface area contributed by atoms with Crippen molar-refractivity contribution in [3.8, 4) is 0 Å². The Morgan fingerprint density at radius 1 is 1.38 bits per heavy atom.